The Morgan fingerprint density at radius 2 is 1.83 bits per heavy atom. The number of likely N-dealkylation sites (N-methyl/N-ethyl adjacent to an activating group) is 1. The molecule has 1 rings (SSSR count). The first-order valence-electron chi connectivity index (χ1n) is 6.70. The van der Waals surface area contributed by atoms with Gasteiger partial charge in [0, 0.05) is 11.8 Å². The van der Waals surface area contributed by atoms with Crippen LogP contribution in [0.2, 0.25) is 0 Å². The zero-order valence-corrected chi connectivity index (χ0v) is 12.5. The monoisotopic (exact) mass is 267 g/mol. The summed E-state index contributed by atoms with van der Waals surface area (Å²) in [5, 5.41) is 12.8. The number of benzene rings is 1. The molecule has 0 radical (unpaired) electrons. The van der Waals surface area contributed by atoms with E-state index in [0.29, 0.717) is 11.8 Å². The van der Waals surface area contributed by atoms with E-state index in [9.17, 15) is 5.11 Å². The van der Waals surface area contributed by atoms with Crippen LogP contribution in [0.15, 0.2) is 24.3 Å². The molecule has 1 aromatic rings. The average Bonchev–Trinajstić information content (AvgIpc) is 2.32. The van der Waals surface area contributed by atoms with E-state index in [-0.39, 0.29) is 0 Å². The summed E-state index contributed by atoms with van der Waals surface area (Å²) in [7, 11) is 0. The van der Waals surface area contributed by atoms with Gasteiger partial charge in [-0.1, -0.05) is 32.9 Å². The Labute approximate surface area is 115 Å². The lowest BCUT2D eigenvalue weighted by atomic mass is 10.1. The van der Waals surface area contributed by atoms with Crippen molar-refractivity contribution >= 4 is 11.8 Å². The number of hydrogen-bond donors (Lipinski definition) is 2. The predicted octanol–water partition coefficient (Wildman–Crippen LogP) is 3.30. The van der Waals surface area contributed by atoms with Crippen LogP contribution < -0.4 is 5.32 Å². The van der Waals surface area contributed by atoms with Crippen molar-refractivity contribution in [3.63, 3.8) is 0 Å². The smallest absolute Gasteiger partial charge is 0.115 e. The van der Waals surface area contributed by atoms with Gasteiger partial charge in [-0.25, -0.2) is 0 Å². The average molecular weight is 267 g/mol. The van der Waals surface area contributed by atoms with Gasteiger partial charge in [-0.05, 0) is 42.3 Å². The van der Waals surface area contributed by atoms with Gasteiger partial charge in [-0.3, -0.25) is 0 Å². The van der Waals surface area contributed by atoms with Gasteiger partial charge in [-0.2, -0.15) is 11.8 Å². The van der Waals surface area contributed by atoms with Crippen molar-refractivity contribution in [1.29, 1.82) is 0 Å². The number of aromatic hydroxyl groups is 1. The highest BCUT2D eigenvalue weighted by molar-refractivity contribution is 7.99. The Hall–Kier alpha value is -0.670. The summed E-state index contributed by atoms with van der Waals surface area (Å²) in [4.78, 5) is 0. The molecule has 0 bridgehead atoms. The van der Waals surface area contributed by atoms with Gasteiger partial charge < -0.3 is 10.4 Å². The van der Waals surface area contributed by atoms with E-state index in [1.54, 1.807) is 12.1 Å². The van der Waals surface area contributed by atoms with E-state index in [2.05, 4.69) is 26.1 Å². The molecule has 1 unspecified atom stereocenters. The third kappa shape index (κ3) is 6.31. The van der Waals surface area contributed by atoms with E-state index < -0.39 is 0 Å². The quantitative estimate of drug-likeness (QED) is 0.758. The summed E-state index contributed by atoms with van der Waals surface area (Å²) >= 11 is 2.02. The zero-order valence-electron chi connectivity index (χ0n) is 11.6. The van der Waals surface area contributed by atoms with E-state index in [1.165, 1.54) is 11.3 Å². The molecule has 1 atom stereocenters. The van der Waals surface area contributed by atoms with Crippen LogP contribution in [0.3, 0.4) is 0 Å². The van der Waals surface area contributed by atoms with Gasteiger partial charge in [0.05, 0.1) is 0 Å². The third-order valence-electron chi connectivity index (χ3n) is 2.68. The van der Waals surface area contributed by atoms with Gasteiger partial charge in [0.15, 0.2) is 0 Å². The standard InChI is InChI=1S/C15H25NOS/c1-4-16-14(11-18-10-12(2)3)9-13-5-7-15(17)8-6-13/h5-8,12,14,16-17H,4,9-11H2,1-3H3. The van der Waals surface area contributed by atoms with Crippen LogP contribution in [0.1, 0.15) is 26.3 Å². The van der Waals surface area contributed by atoms with Crippen LogP contribution in [0.5, 0.6) is 5.75 Å². The molecule has 0 fully saturated rings. The number of rotatable bonds is 8. The van der Waals surface area contributed by atoms with Crippen molar-refractivity contribution in [3.8, 4) is 5.75 Å². The first-order chi connectivity index (χ1) is 8.61. The van der Waals surface area contributed by atoms with Crippen LogP contribution in [0, 0.1) is 5.92 Å². The summed E-state index contributed by atoms with van der Waals surface area (Å²) < 4.78 is 0. The van der Waals surface area contributed by atoms with Crippen LogP contribution in [-0.2, 0) is 6.42 Å². The summed E-state index contributed by atoms with van der Waals surface area (Å²) in [5.74, 6) is 3.46. The Balaban J connectivity index is 2.43. The van der Waals surface area contributed by atoms with Crippen molar-refractivity contribution in [1.82, 2.24) is 5.32 Å². The second kappa shape index (κ2) is 8.44. The highest BCUT2D eigenvalue weighted by Gasteiger charge is 2.09. The van der Waals surface area contributed by atoms with E-state index in [4.69, 9.17) is 0 Å². The summed E-state index contributed by atoms with van der Waals surface area (Å²) in [6, 6.07) is 8.06. The highest BCUT2D eigenvalue weighted by atomic mass is 32.2. The van der Waals surface area contributed by atoms with Gasteiger partial charge in [0.2, 0.25) is 0 Å². The molecule has 0 saturated carbocycles. The van der Waals surface area contributed by atoms with Crippen LogP contribution in [0.4, 0.5) is 0 Å². The van der Waals surface area contributed by atoms with E-state index in [0.717, 1.165) is 24.6 Å². The fourth-order valence-electron chi connectivity index (χ4n) is 1.84. The minimum atomic E-state index is 0.341. The normalized spacial score (nSPS) is 12.9. The van der Waals surface area contributed by atoms with E-state index >= 15 is 0 Å². The molecule has 0 saturated heterocycles. The Kier molecular flexibility index (Phi) is 7.21. The topological polar surface area (TPSA) is 32.3 Å². The fourth-order valence-corrected chi connectivity index (χ4v) is 2.97. The molecule has 0 aromatic heterocycles. The van der Waals surface area contributed by atoms with Gasteiger partial charge in [0.1, 0.15) is 5.75 Å². The molecular formula is C15H25NOS. The molecule has 0 amide bonds. The molecule has 0 spiro atoms. The van der Waals surface area contributed by atoms with Crippen LogP contribution in [0.25, 0.3) is 0 Å². The zero-order chi connectivity index (χ0) is 13.4. The molecule has 0 aliphatic rings. The van der Waals surface area contributed by atoms with Crippen molar-refractivity contribution in [2.75, 3.05) is 18.1 Å². The maximum Gasteiger partial charge on any atom is 0.115 e. The molecular weight excluding hydrogens is 242 g/mol. The minimum absolute atomic E-state index is 0.341. The van der Waals surface area contributed by atoms with Gasteiger partial charge >= 0.3 is 0 Å². The lowest BCUT2D eigenvalue weighted by Gasteiger charge is -2.18. The van der Waals surface area contributed by atoms with Crippen molar-refractivity contribution < 1.29 is 5.11 Å². The maximum atomic E-state index is 9.28. The molecule has 1 aromatic carbocycles. The predicted molar refractivity (Wildman–Crippen MR) is 81.4 cm³/mol. The number of phenols is 1. The molecule has 18 heavy (non-hydrogen) atoms. The highest BCUT2D eigenvalue weighted by Crippen LogP contribution is 2.14. The number of nitrogens with one attached hydrogen (secondary N) is 1. The summed E-state index contributed by atoms with van der Waals surface area (Å²) in [5.41, 5.74) is 1.28. The summed E-state index contributed by atoms with van der Waals surface area (Å²) in [6.07, 6.45) is 1.03. The second-order valence-electron chi connectivity index (χ2n) is 5.06. The molecule has 0 aliphatic carbocycles. The lowest BCUT2D eigenvalue weighted by Crippen LogP contribution is -2.33. The molecule has 0 aliphatic heterocycles. The Morgan fingerprint density at radius 3 is 2.39 bits per heavy atom. The Morgan fingerprint density at radius 1 is 1.17 bits per heavy atom. The van der Waals surface area contributed by atoms with Crippen LogP contribution >= 0.6 is 11.8 Å². The SMILES string of the molecule is CCNC(CSCC(C)C)Cc1ccc(O)cc1. The fraction of sp³-hybridized carbons (Fsp3) is 0.600. The molecule has 3 heteroatoms. The van der Waals surface area contributed by atoms with Gasteiger partial charge in [0.25, 0.3) is 0 Å². The molecule has 2 nitrogen and oxygen atoms in total. The lowest BCUT2D eigenvalue weighted by molar-refractivity contribution is 0.474. The molecule has 2 N–H and O–H groups in total. The maximum absolute atomic E-state index is 9.28. The molecule has 102 valence electrons. The number of phenolic OH excluding ortho intramolecular Hbond substituents is 1. The number of hydrogen-bond acceptors (Lipinski definition) is 3. The first kappa shape index (κ1) is 15.4. The van der Waals surface area contributed by atoms with Gasteiger partial charge in [-0.15, -0.1) is 0 Å². The van der Waals surface area contributed by atoms with Crippen LogP contribution in [-0.4, -0.2) is 29.2 Å². The second-order valence-corrected chi connectivity index (χ2v) is 6.13. The summed E-state index contributed by atoms with van der Waals surface area (Å²) in [6.45, 7) is 7.67. The Bertz CT molecular complexity index is 324. The molecule has 0 heterocycles. The van der Waals surface area contributed by atoms with E-state index in [1.807, 2.05) is 23.9 Å². The number of thioether (sulfide) groups is 1. The largest absolute Gasteiger partial charge is 0.508 e. The van der Waals surface area contributed by atoms with Crippen molar-refractivity contribution in [2.24, 2.45) is 5.92 Å². The first-order valence-corrected chi connectivity index (χ1v) is 7.86. The van der Waals surface area contributed by atoms with Crippen molar-refractivity contribution in [2.45, 2.75) is 33.2 Å². The third-order valence-corrected chi connectivity index (χ3v) is 4.22. The van der Waals surface area contributed by atoms with Crippen molar-refractivity contribution in [3.05, 3.63) is 29.8 Å². The minimum Gasteiger partial charge on any atom is -0.508 e.